The highest BCUT2D eigenvalue weighted by molar-refractivity contribution is 8.00. The van der Waals surface area contributed by atoms with E-state index >= 15 is 0 Å². The molecular formula is C40H48N4O7S. The lowest BCUT2D eigenvalue weighted by Gasteiger charge is -2.42. The minimum Gasteiger partial charge on any atom is -0.465 e. The molecule has 0 bridgehead atoms. The number of hydrogen-bond acceptors (Lipinski definition) is 8. The summed E-state index contributed by atoms with van der Waals surface area (Å²) in [7, 11) is 1.29. The molecule has 0 radical (unpaired) electrons. The van der Waals surface area contributed by atoms with Gasteiger partial charge in [0.25, 0.3) is 5.91 Å². The Morgan fingerprint density at radius 3 is 2.25 bits per heavy atom. The molecule has 1 aliphatic carbocycles. The predicted octanol–water partition coefficient (Wildman–Crippen LogP) is 6.21. The van der Waals surface area contributed by atoms with Gasteiger partial charge in [-0.2, -0.15) is 11.8 Å². The maximum atomic E-state index is 14.7. The zero-order chi connectivity index (χ0) is 37.8. The minimum absolute atomic E-state index is 0.0714. The van der Waals surface area contributed by atoms with E-state index in [1.165, 1.54) is 36.6 Å². The van der Waals surface area contributed by atoms with Crippen molar-refractivity contribution in [2.45, 2.75) is 95.3 Å². The summed E-state index contributed by atoms with van der Waals surface area (Å²) in [6, 6.07) is 17.6. The van der Waals surface area contributed by atoms with Crippen LogP contribution < -0.4 is 16.0 Å². The van der Waals surface area contributed by atoms with E-state index in [-0.39, 0.29) is 30.8 Å². The second-order valence-electron chi connectivity index (χ2n) is 14.7. The second kappa shape index (κ2) is 15.8. The number of alkyl carbamates (subject to hydrolysis) is 1. The van der Waals surface area contributed by atoms with Crippen LogP contribution in [0.2, 0.25) is 0 Å². The fourth-order valence-corrected chi connectivity index (χ4v) is 7.02. The monoisotopic (exact) mass is 728 g/mol. The van der Waals surface area contributed by atoms with Gasteiger partial charge in [0.15, 0.2) is 0 Å². The molecule has 52 heavy (non-hydrogen) atoms. The quantitative estimate of drug-likeness (QED) is 0.221. The van der Waals surface area contributed by atoms with Crippen LogP contribution in [-0.2, 0) is 38.4 Å². The van der Waals surface area contributed by atoms with Crippen LogP contribution in [0.15, 0.2) is 66.7 Å². The molecule has 0 aromatic heterocycles. The lowest BCUT2D eigenvalue weighted by atomic mass is 9.87. The summed E-state index contributed by atoms with van der Waals surface area (Å²) in [4.78, 5) is 68.6. The third-order valence-electron chi connectivity index (χ3n) is 9.56. The summed E-state index contributed by atoms with van der Waals surface area (Å²) in [5.74, 6) is -1.57. The van der Waals surface area contributed by atoms with Gasteiger partial charge in [0.05, 0.1) is 18.7 Å². The molecule has 3 aromatic carbocycles. The first kappa shape index (κ1) is 38.4. The number of nitrogens with one attached hydrogen (secondary N) is 3. The zero-order valence-electron chi connectivity index (χ0n) is 30.8. The summed E-state index contributed by atoms with van der Waals surface area (Å²) in [6.07, 6.45) is 4.05. The van der Waals surface area contributed by atoms with Crippen LogP contribution in [-0.4, -0.2) is 70.5 Å². The van der Waals surface area contributed by atoms with Crippen LogP contribution in [0.5, 0.6) is 0 Å². The Morgan fingerprint density at radius 1 is 0.885 bits per heavy atom. The molecule has 12 heteroatoms. The van der Waals surface area contributed by atoms with E-state index in [0.717, 1.165) is 36.0 Å². The molecule has 276 valence electrons. The van der Waals surface area contributed by atoms with Crippen molar-refractivity contribution < 1.29 is 33.4 Å². The third kappa shape index (κ3) is 8.96. The van der Waals surface area contributed by atoms with Crippen LogP contribution in [0, 0.1) is 0 Å². The number of fused-ring (bicyclic) bond motifs is 2. The zero-order valence-corrected chi connectivity index (χ0v) is 31.6. The topological polar surface area (TPSA) is 143 Å². The Balaban J connectivity index is 1.45. The smallest absolute Gasteiger partial charge is 0.408 e. The summed E-state index contributed by atoms with van der Waals surface area (Å²) in [5.41, 5.74) is 4.32. The number of thioether (sulfide) groups is 1. The predicted molar refractivity (Wildman–Crippen MR) is 201 cm³/mol. The average Bonchev–Trinajstić information content (AvgIpc) is 3.12. The van der Waals surface area contributed by atoms with Gasteiger partial charge in [-0.15, -0.1) is 0 Å². The maximum Gasteiger partial charge on any atom is 0.408 e. The van der Waals surface area contributed by atoms with Gasteiger partial charge in [0.1, 0.15) is 17.7 Å². The molecule has 1 heterocycles. The molecule has 4 amide bonds. The summed E-state index contributed by atoms with van der Waals surface area (Å²) in [5, 5.41) is 8.98. The van der Waals surface area contributed by atoms with E-state index in [4.69, 9.17) is 9.47 Å². The Morgan fingerprint density at radius 2 is 1.58 bits per heavy atom. The lowest BCUT2D eigenvalue weighted by Crippen LogP contribution is -2.62. The Bertz CT molecular complexity index is 1840. The molecule has 0 fully saturated rings. The van der Waals surface area contributed by atoms with Gasteiger partial charge in [0, 0.05) is 29.0 Å². The van der Waals surface area contributed by atoms with Crippen molar-refractivity contribution in [1.82, 2.24) is 15.5 Å². The van der Waals surface area contributed by atoms with Gasteiger partial charge in [-0.1, -0.05) is 30.3 Å². The molecule has 0 saturated heterocycles. The number of nitrogens with zero attached hydrogens (tertiary/aromatic N) is 1. The second-order valence-corrected chi connectivity index (χ2v) is 16.2. The van der Waals surface area contributed by atoms with Gasteiger partial charge < -0.3 is 30.3 Å². The number of amides is 4. The highest BCUT2D eigenvalue weighted by atomic mass is 32.2. The van der Waals surface area contributed by atoms with Gasteiger partial charge in [-0.3, -0.25) is 14.4 Å². The Kier molecular flexibility index (Phi) is 11.7. The van der Waals surface area contributed by atoms with Crippen LogP contribution in [0.1, 0.15) is 96.5 Å². The average molecular weight is 729 g/mol. The number of rotatable bonds is 9. The number of methoxy groups -OCH3 is 1. The van der Waals surface area contributed by atoms with Crippen molar-refractivity contribution in [2.24, 2.45) is 0 Å². The number of carbonyl (C=O) groups excluding carboxylic acids is 5. The van der Waals surface area contributed by atoms with E-state index in [1.807, 2.05) is 44.4 Å². The van der Waals surface area contributed by atoms with Crippen molar-refractivity contribution in [2.75, 3.05) is 18.7 Å². The molecule has 11 nitrogen and oxygen atoms in total. The molecule has 2 aliphatic rings. The SMILES string of the molecule is COC(=O)c1ccc(C(=O)Nc2ccc3c(c2)CN(C(=O)C(NC(=O)OC(C)(C)C)C(C)(C)SC)C(C(=O)NC2CCCc4ccccc42)C3)cc1. The number of hydrogen-bond donors (Lipinski definition) is 3. The van der Waals surface area contributed by atoms with Crippen molar-refractivity contribution in [3.05, 3.63) is 100 Å². The van der Waals surface area contributed by atoms with E-state index in [0.29, 0.717) is 16.8 Å². The number of benzene rings is 3. The molecular weight excluding hydrogens is 681 g/mol. The van der Waals surface area contributed by atoms with Gasteiger partial charge in [-0.25, -0.2) is 9.59 Å². The lowest BCUT2D eigenvalue weighted by molar-refractivity contribution is -0.144. The van der Waals surface area contributed by atoms with E-state index < -0.39 is 40.4 Å². The fourth-order valence-electron chi connectivity index (χ4n) is 6.62. The standard InChI is InChI=1S/C40H48N4O7S/c1-39(2,3)51-38(49)43-33(40(4,5)52-7)36(47)44-23-28-21-29(41-34(45)25-15-17-26(18-16-25)37(48)50-6)20-19-27(28)22-32(44)35(46)42-31-14-10-12-24-11-8-9-13-30(24)31/h8-9,11,13,15-21,31-33H,10,12,14,22-23H2,1-7H3,(H,41,45)(H,42,46)(H,43,49). The largest absolute Gasteiger partial charge is 0.465 e. The van der Waals surface area contributed by atoms with Crippen molar-refractivity contribution in [3.63, 3.8) is 0 Å². The number of ether oxygens (including phenoxy) is 2. The number of carbonyl (C=O) groups is 5. The molecule has 0 saturated carbocycles. The van der Waals surface area contributed by atoms with Crippen molar-refractivity contribution in [3.8, 4) is 0 Å². The molecule has 1 aliphatic heterocycles. The first-order valence-corrected chi connectivity index (χ1v) is 18.7. The van der Waals surface area contributed by atoms with Gasteiger partial charge in [0.2, 0.25) is 11.8 Å². The first-order chi connectivity index (χ1) is 24.6. The van der Waals surface area contributed by atoms with E-state index in [1.54, 1.807) is 49.9 Å². The summed E-state index contributed by atoms with van der Waals surface area (Å²) < 4.78 is 9.53. The van der Waals surface area contributed by atoms with Crippen LogP contribution in [0.4, 0.5) is 10.5 Å². The normalized spacial score (nSPS) is 17.5. The van der Waals surface area contributed by atoms with E-state index in [2.05, 4.69) is 22.0 Å². The van der Waals surface area contributed by atoms with Gasteiger partial charge in [-0.05, 0) is 119 Å². The molecule has 3 atom stereocenters. The molecule has 0 spiro atoms. The van der Waals surface area contributed by atoms with Crippen molar-refractivity contribution >= 4 is 47.2 Å². The van der Waals surface area contributed by atoms with Crippen LogP contribution >= 0.6 is 11.8 Å². The first-order valence-electron chi connectivity index (χ1n) is 17.4. The molecule has 3 N–H and O–H groups in total. The fraction of sp³-hybridized carbons (Fsp3) is 0.425. The highest BCUT2D eigenvalue weighted by Crippen LogP contribution is 2.34. The van der Waals surface area contributed by atoms with E-state index in [9.17, 15) is 24.0 Å². The molecule has 3 aromatic rings. The number of esters is 1. The number of anilines is 1. The maximum absolute atomic E-state index is 14.7. The Hall–Kier alpha value is -4.84. The number of aryl methyl sites for hydroxylation is 1. The molecule has 3 unspecified atom stereocenters. The highest BCUT2D eigenvalue weighted by Gasteiger charge is 2.44. The summed E-state index contributed by atoms with van der Waals surface area (Å²) in [6.45, 7) is 9.07. The summed E-state index contributed by atoms with van der Waals surface area (Å²) >= 11 is 1.42. The van der Waals surface area contributed by atoms with Gasteiger partial charge >= 0.3 is 12.1 Å². The minimum atomic E-state index is -1.03. The van der Waals surface area contributed by atoms with Crippen molar-refractivity contribution in [1.29, 1.82) is 0 Å². The van der Waals surface area contributed by atoms with Crippen LogP contribution in [0.3, 0.4) is 0 Å². The third-order valence-corrected chi connectivity index (χ3v) is 10.9. The Labute approximate surface area is 309 Å². The molecule has 5 rings (SSSR count). The van der Waals surface area contributed by atoms with Crippen LogP contribution in [0.25, 0.3) is 0 Å².